The molecule has 1 aliphatic carbocycles. The van der Waals surface area contributed by atoms with E-state index in [0.29, 0.717) is 5.92 Å². The van der Waals surface area contributed by atoms with Crippen molar-refractivity contribution in [3.05, 3.63) is 54.4 Å². The third kappa shape index (κ3) is 3.48. The summed E-state index contributed by atoms with van der Waals surface area (Å²) in [6.45, 7) is 0.267. The molecule has 2 aromatic rings. The average Bonchev–Trinajstić information content (AvgIpc) is 3.15. The van der Waals surface area contributed by atoms with Crippen LogP contribution in [0.1, 0.15) is 36.0 Å². The van der Waals surface area contributed by atoms with Crippen LogP contribution in [0.4, 0.5) is 0 Å². The van der Waals surface area contributed by atoms with Crippen LogP contribution in [0.15, 0.2) is 48.8 Å². The summed E-state index contributed by atoms with van der Waals surface area (Å²) in [4.78, 5) is 14.7. The number of hydrogen-bond donors (Lipinski definition) is 1. The Morgan fingerprint density at radius 1 is 1.17 bits per heavy atom. The standard InChI is InChI=1S/C19H24N2O2/c1-20(17-9-7-15(14-22)8-10-17)19(23)16-5-4-6-18(13-16)21-11-2-3-12-21/h2-6,11-13,15,17,22H,7-10,14H2,1H3. The molecule has 0 aliphatic heterocycles. The van der Waals surface area contributed by atoms with Gasteiger partial charge in [-0.2, -0.15) is 0 Å². The van der Waals surface area contributed by atoms with E-state index in [0.717, 1.165) is 36.9 Å². The molecule has 0 saturated heterocycles. The first-order valence-corrected chi connectivity index (χ1v) is 8.30. The molecule has 122 valence electrons. The van der Waals surface area contributed by atoms with E-state index in [1.54, 1.807) is 0 Å². The second-order valence-corrected chi connectivity index (χ2v) is 6.41. The van der Waals surface area contributed by atoms with Crippen molar-refractivity contribution in [2.75, 3.05) is 13.7 Å². The smallest absolute Gasteiger partial charge is 0.253 e. The summed E-state index contributed by atoms with van der Waals surface area (Å²) >= 11 is 0. The number of rotatable bonds is 4. The van der Waals surface area contributed by atoms with Gasteiger partial charge in [-0.25, -0.2) is 0 Å². The molecule has 1 heterocycles. The van der Waals surface area contributed by atoms with Crippen LogP contribution in [-0.2, 0) is 0 Å². The maximum atomic E-state index is 12.8. The van der Waals surface area contributed by atoms with E-state index in [1.807, 2.05) is 65.3 Å². The Morgan fingerprint density at radius 3 is 2.52 bits per heavy atom. The molecule has 0 atom stereocenters. The Morgan fingerprint density at radius 2 is 1.87 bits per heavy atom. The average molecular weight is 312 g/mol. The molecular weight excluding hydrogens is 288 g/mol. The monoisotopic (exact) mass is 312 g/mol. The SMILES string of the molecule is CN(C(=O)c1cccc(-n2cccc2)c1)C1CCC(CO)CC1. The summed E-state index contributed by atoms with van der Waals surface area (Å²) in [7, 11) is 1.90. The Balaban J connectivity index is 1.71. The number of aliphatic hydroxyl groups is 1. The normalized spacial score (nSPS) is 21.1. The van der Waals surface area contributed by atoms with E-state index in [2.05, 4.69) is 0 Å². The summed E-state index contributed by atoms with van der Waals surface area (Å²) in [5.41, 5.74) is 1.72. The van der Waals surface area contributed by atoms with Gasteiger partial charge >= 0.3 is 0 Å². The Labute approximate surface area is 137 Å². The van der Waals surface area contributed by atoms with Gasteiger partial charge in [0.05, 0.1) is 0 Å². The zero-order valence-electron chi connectivity index (χ0n) is 13.6. The van der Waals surface area contributed by atoms with Crippen LogP contribution >= 0.6 is 0 Å². The highest BCUT2D eigenvalue weighted by molar-refractivity contribution is 5.94. The van der Waals surface area contributed by atoms with Gasteiger partial charge in [0.1, 0.15) is 0 Å². The van der Waals surface area contributed by atoms with E-state index in [9.17, 15) is 9.90 Å². The molecule has 4 heteroatoms. The quantitative estimate of drug-likeness (QED) is 0.943. The lowest BCUT2D eigenvalue weighted by atomic mass is 9.86. The summed E-state index contributed by atoms with van der Waals surface area (Å²) in [5, 5.41) is 9.24. The van der Waals surface area contributed by atoms with Crippen molar-refractivity contribution in [3.8, 4) is 5.69 Å². The molecule has 1 aromatic heterocycles. The second kappa shape index (κ2) is 7.01. The largest absolute Gasteiger partial charge is 0.396 e. The van der Waals surface area contributed by atoms with E-state index in [-0.39, 0.29) is 18.6 Å². The molecule has 1 fully saturated rings. The molecular formula is C19H24N2O2. The van der Waals surface area contributed by atoms with Crippen LogP contribution in [0.5, 0.6) is 0 Å². The molecule has 1 aromatic carbocycles. The van der Waals surface area contributed by atoms with Crippen molar-refractivity contribution < 1.29 is 9.90 Å². The number of amides is 1. The molecule has 1 saturated carbocycles. The summed E-state index contributed by atoms with van der Waals surface area (Å²) in [5.74, 6) is 0.485. The van der Waals surface area contributed by atoms with Crippen molar-refractivity contribution in [3.63, 3.8) is 0 Å². The minimum atomic E-state index is 0.0754. The van der Waals surface area contributed by atoms with Crippen molar-refractivity contribution in [2.45, 2.75) is 31.7 Å². The van der Waals surface area contributed by atoms with E-state index < -0.39 is 0 Å². The molecule has 3 rings (SSSR count). The summed E-state index contributed by atoms with van der Waals surface area (Å²) < 4.78 is 2.00. The fraction of sp³-hybridized carbons (Fsp3) is 0.421. The van der Waals surface area contributed by atoms with Crippen molar-refractivity contribution in [2.24, 2.45) is 5.92 Å². The first-order chi connectivity index (χ1) is 11.2. The van der Waals surface area contributed by atoms with E-state index in [4.69, 9.17) is 0 Å². The van der Waals surface area contributed by atoms with Gasteiger partial charge in [-0.3, -0.25) is 4.79 Å². The van der Waals surface area contributed by atoms with E-state index >= 15 is 0 Å². The molecule has 1 aliphatic rings. The predicted octanol–water partition coefficient (Wildman–Crippen LogP) is 3.10. The van der Waals surface area contributed by atoms with Gasteiger partial charge in [0, 0.05) is 43.3 Å². The van der Waals surface area contributed by atoms with Gasteiger partial charge in [0.15, 0.2) is 0 Å². The molecule has 0 unspecified atom stereocenters. The summed E-state index contributed by atoms with van der Waals surface area (Å²) in [6.07, 6.45) is 7.91. The van der Waals surface area contributed by atoms with Gasteiger partial charge in [0.2, 0.25) is 0 Å². The lowest BCUT2D eigenvalue weighted by Crippen LogP contribution is -2.39. The maximum Gasteiger partial charge on any atom is 0.253 e. The minimum Gasteiger partial charge on any atom is -0.396 e. The van der Waals surface area contributed by atoms with Gasteiger partial charge in [0.25, 0.3) is 5.91 Å². The van der Waals surface area contributed by atoms with E-state index in [1.165, 1.54) is 0 Å². The third-order valence-corrected chi connectivity index (χ3v) is 4.94. The van der Waals surface area contributed by atoms with Gasteiger partial charge in [-0.05, 0) is 61.9 Å². The predicted molar refractivity (Wildman–Crippen MR) is 90.7 cm³/mol. The highest BCUT2D eigenvalue weighted by atomic mass is 16.3. The fourth-order valence-electron chi connectivity index (χ4n) is 3.39. The molecule has 1 amide bonds. The van der Waals surface area contributed by atoms with Gasteiger partial charge in [-0.1, -0.05) is 6.07 Å². The van der Waals surface area contributed by atoms with Crippen molar-refractivity contribution in [1.82, 2.24) is 9.47 Å². The maximum absolute atomic E-state index is 12.8. The zero-order valence-corrected chi connectivity index (χ0v) is 13.6. The number of benzene rings is 1. The first kappa shape index (κ1) is 15.8. The molecule has 0 bridgehead atoms. The second-order valence-electron chi connectivity index (χ2n) is 6.41. The Bertz CT molecular complexity index is 643. The number of hydrogen-bond acceptors (Lipinski definition) is 2. The highest BCUT2D eigenvalue weighted by Gasteiger charge is 2.26. The van der Waals surface area contributed by atoms with Crippen molar-refractivity contribution in [1.29, 1.82) is 0 Å². The zero-order chi connectivity index (χ0) is 16.2. The topological polar surface area (TPSA) is 45.5 Å². The van der Waals surface area contributed by atoms with Crippen LogP contribution in [0.2, 0.25) is 0 Å². The Hall–Kier alpha value is -2.07. The molecule has 4 nitrogen and oxygen atoms in total. The highest BCUT2D eigenvalue weighted by Crippen LogP contribution is 2.27. The summed E-state index contributed by atoms with van der Waals surface area (Å²) in [6, 6.07) is 12.0. The Kier molecular flexibility index (Phi) is 4.82. The minimum absolute atomic E-state index is 0.0754. The van der Waals surface area contributed by atoms with Crippen LogP contribution in [0.25, 0.3) is 5.69 Å². The van der Waals surface area contributed by atoms with Crippen LogP contribution < -0.4 is 0 Å². The first-order valence-electron chi connectivity index (χ1n) is 8.30. The molecule has 0 radical (unpaired) electrons. The fourth-order valence-corrected chi connectivity index (χ4v) is 3.39. The van der Waals surface area contributed by atoms with Crippen LogP contribution in [0, 0.1) is 5.92 Å². The number of carbonyl (C=O) groups excluding carboxylic acids is 1. The number of carbonyl (C=O) groups is 1. The van der Waals surface area contributed by atoms with Crippen LogP contribution in [0.3, 0.4) is 0 Å². The molecule has 23 heavy (non-hydrogen) atoms. The number of nitrogens with zero attached hydrogens (tertiary/aromatic N) is 2. The van der Waals surface area contributed by atoms with Crippen molar-refractivity contribution >= 4 is 5.91 Å². The molecule has 1 N–H and O–H groups in total. The number of aliphatic hydroxyl groups excluding tert-OH is 1. The van der Waals surface area contributed by atoms with Gasteiger partial charge < -0.3 is 14.6 Å². The molecule has 0 spiro atoms. The van der Waals surface area contributed by atoms with Crippen LogP contribution in [-0.4, -0.2) is 40.2 Å². The number of aromatic nitrogens is 1. The lowest BCUT2D eigenvalue weighted by Gasteiger charge is -2.34. The third-order valence-electron chi connectivity index (χ3n) is 4.94. The van der Waals surface area contributed by atoms with Gasteiger partial charge in [-0.15, -0.1) is 0 Å². The lowest BCUT2D eigenvalue weighted by molar-refractivity contribution is 0.0653.